The zero-order valence-electron chi connectivity index (χ0n) is 13.4. The highest BCUT2D eigenvalue weighted by Crippen LogP contribution is 2.24. The number of rotatable bonds is 4. The highest BCUT2D eigenvalue weighted by molar-refractivity contribution is 7.13. The Morgan fingerprint density at radius 2 is 2.00 bits per heavy atom. The maximum Gasteiger partial charge on any atom is 0.229 e. The van der Waals surface area contributed by atoms with Gasteiger partial charge in [0, 0.05) is 49.0 Å². The van der Waals surface area contributed by atoms with Crippen molar-refractivity contribution in [1.29, 1.82) is 0 Å². The summed E-state index contributed by atoms with van der Waals surface area (Å²) in [4.78, 5) is 31.3. The standard InChI is InChI=1S/C16H17N7OS/c24-15(21-16-18-4-8-25-16)12-1-5-22(6-2-12)13-9-14(20-10-19-13)23-7-3-17-11-23/h3-4,7-12H,1-2,5-6H2,(H,18,21,24). The highest BCUT2D eigenvalue weighted by Gasteiger charge is 2.26. The Morgan fingerprint density at radius 3 is 2.72 bits per heavy atom. The van der Waals surface area contributed by atoms with Gasteiger partial charge < -0.3 is 10.2 Å². The lowest BCUT2D eigenvalue weighted by molar-refractivity contribution is -0.120. The molecule has 1 aliphatic heterocycles. The molecule has 1 fully saturated rings. The van der Waals surface area contributed by atoms with Gasteiger partial charge in [-0.1, -0.05) is 0 Å². The molecule has 0 aromatic carbocycles. The molecule has 1 saturated heterocycles. The van der Waals surface area contributed by atoms with Crippen LogP contribution < -0.4 is 10.2 Å². The second-order valence-corrected chi connectivity index (χ2v) is 6.69. The average Bonchev–Trinajstić information content (AvgIpc) is 3.36. The van der Waals surface area contributed by atoms with Crippen molar-refractivity contribution in [3.8, 4) is 5.82 Å². The van der Waals surface area contributed by atoms with E-state index in [9.17, 15) is 4.79 Å². The molecule has 0 spiro atoms. The van der Waals surface area contributed by atoms with E-state index in [1.807, 2.05) is 22.2 Å². The predicted molar refractivity (Wildman–Crippen MR) is 94.8 cm³/mol. The molecule has 4 heterocycles. The van der Waals surface area contributed by atoms with E-state index in [0.717, 1.165) is 37.6 Å². The summed E-state index contributed by atoms with van der Waals surface area (Å²) in [7, 11) is 0. The summed E-state index contributed by atoms with van der Waals surface area (Å²) in [5.41, 5.74) is 0. The highest BCUT2D eigenvalue weighted by atomic mass is 32.1. The van der Waals surface area contributed by atoms with E-state index in [0.29, 0.717) is 5.13 Å². The second-order valence-electron chi connectivity index (χ2n) is 5.79. The number of amides is 1. The largest absolute Gasteiger partial charge is 0.356 e. The second kappa shape index (κ2) is 6.98. The van der Waals surface area contributed by atoms with Crippen LogP contribution in [0.2, 0.25) is 0 Å². The van der Waals surface area contributed by atoms with E-state index in [4.69, 9.17) is 0 Å². The molecule has 3 aromatic rings. The van der Waals surface area contributed by atoms with Crippen LogP contribution in [0.25, 0.3) is 5.82 Å². The fourth-order valence-corrected chi connectivity index (χ4v) is 3.44. The summed E-state index contributed by atoms with van der Waals surface area (Å²) in [6.07, 6.45) is 10.1. The van der Waals surface area contributed by atoms with E-state index in [1.165, 1.54) is 11.3 Å². The van der Waals surface area contributed by atoms with Gasteiger partial charge in [-0.25, -0.2) is 19.9 Å². The molecule has 128 valence electrons. The molecule has 0 saturated carbocycles. The molecule has 1 aliphatic rings. The number of nitrogens with zero attached hydrogens (tertiary/aromatic N) is 6. The number of thiazole rings is 1. The molecule has 0 atom stereocenters. The van der Waals surface area contributed by atoms with Crippen LogP contribution in [0.5, 0.6) is 0 Å². The molecular formula is C16H17N7OS. The molecule has 8 nitrogen and oxygen atoms in total. The van der Waals surface area contributed by atoms with Crippen LogP contribution in [0.1, 0.15) is 12.8 Å². The molecule has 0 aliphatic carbocycles. The van der Waals surface area contributed by atoms with Gasteiger partial charge in [-0.15, -0.1) is 11.3 Å². The smallest absolute Gasteiger partial charge is 0.229 e. The Kier molecular flexibility index (Phi) is 4.38. The van der Waals surface area contributed by atoms with Crippen molar-refractivity contribution in [2.24, 2.45) is 5.92 Å². The number of aromatic nitrogens is 5. The fourth-order valence-electron chi connectivity index (χ4n) is 2.91. The van der Waals surface area contributed by atoms with Crippen LogP contribution in [-0.2, 0) is 4.79 Å². The number of imidazole rings is 1. The number of piperidine rings is 1. The Balaban J connectivity index is 1.39. The number of hydrogen-bond acceptors (Lipinski definition) is 7. The van der Waals surface area contributed by atoms with Crippen LogP contribution in [0.4, 0.5) is 10.9 Å². The lowest BCUT2D eigenvalue weighted by Gasteiger charge is -2.32. The predicted octanol–water partition coefficient (Wildman–Crippen LogP) is 1.97. The van der Waals surface area contributed by atoms with E-state index < -0.39 is 0 Å². The normalized spacial score (nSPS) is 15.3. The van der Waals surface area contributed by atoms with Crippen LogP contribution in [0.3, 0.4) is 0 Å². The van der Waals surface area contributed by atoms with Crippen molar-refractivity contribution in [1.82, 2.24) is 24.5 Å². The molecule has 0 unspecified atom stereocenters. The zero-order valence-corrected chi connectivity index (χ0v) is 14.3. The number of carbonyl (C=O) groups is 1. The SMILES string of the molecule is O=C(Nc1nccs1)C1CCN(c2cc(-n3ccnc3)ncn2)CC1. The van der Waals surface area contributed by atoms with Crippen LogP contribution >= 0.6 is 11.3 Å². The summed E-state index contributed by atoms with van der Waals surface area (Å²) in [6.45, 7) is 1.58. The first-order chi connectivity index (χ1) is 12.3. The summed E-state index contributed by atoms with van der Waals surface area (Å²) in [5, 5.41) is 5.40. The molecule has 4 rings (SSSR count). The molecule has 9 heteroatoms. The van der Waals surface area contributed by atoms with Gasteiger partial charge in [0.1, 0.15) is 24.3 Å². The Labute approximate surface area is 148 Å². The third kappa shape index (κ3) is 3.50. The van der Waals surface area contributed by atoms with Gasteiger partial charge in [-0.3, -0.25) is 9.36 Å². The van der Waals surface area contributed by atoms with Gasteiger partial charge in [0.05, 0.1) is 0 Å². The fraction of sp³-hybridized carbons (Fsp3) is 0.312. The van der Waals surface area contributed by atoms with E-state index in [2.05, 4.69) is 30.2 Å². The minimum atomic E-state index is 0.00936. The van der Waals surface area contributed by atoms with Crippen molar-refractivity contribution in [3.63, 3.8) is 0 Å². The van der Waals surface area contributed by atoms with Crippen molar-refractivity contribution in [3.05, 3.63) is 42.7 Å². The number of hydrogen-bond donors (Lipinski definition) is 1. The van der Waals surface area contributed by atoms with Crippen LogP contribution in [0, 0.1) is 5.92 Å². The average molecular weight is 355 g/mol. The van der Waals surface area contributed by atoms with Gasteiger partial charge in [0.25, 0.3) is 0 Å². The molecule has 1 N–H and O–H groups in total. The van der Waals surface area contributed by atoms with Crippen molar-refractivity contribution < 1.29 is 4.79 Å². The lowest BCUT2D eigenvalue weighted by atomic mass is 9.96. The number of carbonyl (C=O) groups excluding carboxylic acids is 1. The molecular weight excluding hydrogens is 338 g/mol. The first kappa shape index (κ1) is 15.7. The van der Waals surface area contributed by atoms with Crippen molar-refractivity contribution in [2.75, 3.05) is 23.3 Å². The van der Waals surface area contributed by atoms with Crippen LogP contribution in [-0.4, -0.2) is 43.5 Å². The Morgan fingerprint density at radius 1 is 1.16 bits per heavy atom. The monoisotopic (exact) mass is 355 g/mol. The topological polar surface area (TPSA) is 88.8 Å². The summed E-state index contributed by atoms with van der Waals surface area (Å²) < 4.78 is 1.85. The van der Waals surface area contributed by atoms with Gasteiger partial charge in [-0.2, -0.15) is 0 Å². The van der Waals surface area contributed by atoms with Gasteiger partial charge >= 0.3 is 0 Å². The third-order valence-electron chi connectivity index (χ3n) is 4.26. The minimum absolute atomic E-state index is 0.00936. The first-order valence-corrected chi connectivity index (χ1v) is 8.93. The van der Waals surface area contributed by atoms with Crippen molar-refractivity contribution in [2.45, 2.75) is 12.8 Å². The molecule has 1 amide bonds. The van der Waals surface area contributed by atoms with Gasteiger partial charge in [0.15, 0.2) is 5.13 Å². The lowest BCUT2D eigenvalue weighted by Crippen LogP contribution is -2.38. The van der Waals surface area contributed by atoms with E-state index >= 15 is 0 Å². The maximum absolute atomic E-state index is 12.3. The molecule has 0 bridgehead atoms. The minimum Gasteiger partial charge on any atom is -0.356 e. The molecule has 25 heavy (non-hydrogen) atoms. The zero-order chi connectivity index (χ0) is 17.1. The van der Waals surface area contributed by atoms with E-state index in [1.54, 1.807) is 25.0 Å². The van der Waals surface area contributed by atoms with E-state index in [-0.39, 0.29) is 11.8 Å². The number of anilines is 2. The molecule has 3 aromatic heterocycles. The summed E-state index contributed by atoms with van der Waals surface area (Å²) in [5.74, 6) is 1.72. The molecule has 0 radical (unpaired) electrons. The van der Waals surface area contributed by atoms with Gasteiger partial charge in [-0.05, 0) is 12.8 Å². The van der Waals surface area contributed by atoms with Crippen LogP contribution in [0.15, 0.2) is 42.7 Å². The summed E-state index contributed by atoms with van der Waals surface area (Å²) >= 11 is 1.44. The maximum atomic E-state index is 12.3. The quantitative estimate of drug-likeness (QED) is 0.770. The Hall–Kier alpha value is -2.81. The number of nitrogens with one attached hydrogen (secondary N) is 1. The van der Waals surface area contributed by atoms with Crippen molar-refractivity contribution >= 4 is 28.2 Å². The summed E-state index contributed by atoms with van der Waals surface area (Å²) in [6, 6.07) is 1.94. The first-order valence-electron chi connectivity index (χ1n) is 8.05. The third-order valence-corrected chi connectivity index (χ3v) is 4.95. The Bertz CT molecular complexity index is 826. The van der Waals surface area contributed by atoms with Gasteiger partial charge in [0.2, 0.25) is 5.91 Å².